The number of hydrogen-bond acceptors (Lipinski definition) is 7. The zero-order valence-electron chi connectivity index (χ0n) is 33.1. The van der Waals surface area contributed by atoms with Gasteiger partial charge >= 0.3 is 0 Å². The van der Waals surface area contributed by atoms with Crippen molar-refractivity contribution in [3.63, 3.8) is 0 Å². The van der Waals surface area contributed by atoms with Crippen molar-refractivity contribution in [1.82, 2.24) is 9.80 Å². The van der Waals surface area contributed by atoms with Gasteiger partial charge in [0.25, 0.3) is 11.8 Å². The van der Waals surface area contributed by atoms with E-state index < -0.39 is 0 Å². The molecule has 0 bridgehead atoms. The third kappa shape index (κ3) is 9.95. The number of rotatable bonds is 19. The van der Waals surface area contributed by atoms with Crippen molar-refractivity contribution in [3.05, 3.63) is 101 Å². The van der Waals surface area contributed by atoms with Crippen molar-refractivity contribution in [1.29, 1.82) is 5.26 Å². The number of piperazine rings is 1. The van der Waals surface area contributed by atoms with E-state index in [1.54, 1.807) is 0 Å². The molecule has 0 radical (unpaired) electrons. The number of carbonyl (C=O) groups is 2. The number of carbonyl (C=O) groups excluding carboxylic acids is 2. The second-order valence-corrected chi connectivity index (χ2v) is 15.2. The van der Waals surface area contributed by atoms with E-state index in [0.29, 0.717) is 29.9 Å². The van der Waals surface area contributed by atoms with Crippen molar-refractivity contribution in [3.8, 4) is 11.8 Å². The number of unbranched alkanes of at least 4 members (excludes halogenated alkanes) is 8. The third-order valence-electron chi connectivity index (χ3n) is 11.1. The van der Waals surface area contributed by atoms with E-state index in [9.17, 15) is 14.9 Å². The Morgan fingerprint density at radius 1 is 0.745 bits per heavy atom. The molecule has 8 nitrogen and oxygen atoms in total. The summed E-state index contributed by atoms with van der Waals surface area (Å²) >= 11 is 0. The van der Waals surface area contributed by atoms with Crippen LogP contribution in [0, 0.1) is 11.3 Å². The smallest absolute Gasteiger partial charge is 0.261 e. The first-order valence-electron chi connectivity index (χ1n) is 20.4. The quantitative estimate of drug-likeness (QED) is 0.0410. The summed E-state index contributed by atoms with van der Waals surface area (Å²) in [5.74, 6) is 0.525. The zero-order chi connectivity index (χ0) is 38.6. The Morgan fingerprint density at radius 2 is 1.40 bits per heavy atom. The molecule has 1 fully saturated rings. The SMILES string of the molecule is CCCCN1C(=O)c2cccc3c(N4CCN(CCCCCCCCCCOc5ccc(/C(C#N)=C/c6ccc(N(C)C)cc6)cc5)CC4)ccc(c23)C1=O. The number of nitrogens with zero attached hydrogens (tertiary/aromatic N) is 5. The van der Waals surface area contributed by atoms with Crippen LogP contribution in [0.5, 0.6) is 5.75 Å². The molecular formula is C47H57N5O3. The average Bonchev–Trinajstić information content (AvgIpc) is 3.21. The van der Waals surface area contributed by atoms with Crippen LogP contribution in [0.25, 0.3) is 22.4 Å². The normalized spacial score (nSPS) is 14.8. The highest BCUT2D eigenvalue weighted by molar-refractivity contribution is 6.26. The molecule has 2 amide bonds. The summed E-state index contributed by atoms with van der Waals surface area (Å²) in [6.45, 7) is 8.37. The van der Waals surface area contributed by atoms with Crippen LogP contribution >= 0.6 is 0 Å². The van der Waals surface area contributed by atoms with Gasteiger partial charge in [0.15, 0.2) is 0 Å². The van der Waals surface area contributed by atoms with E-state index in [1.165, 1.54) is 49.8 Å². The predicted octanol–water partition coefficient (Wildman–Crippen LogP) is 9.69. The minimum Gasteiger partial charge on any atom is -0.494 e. The van der Waals surface area contributed by atoms with Crippen LogP contribution in [0.2, 0.25) is 0 Å². The molecule has 8 heteroatoms. The van der Waals surface area contributed by atoms with Gasteiger partial charge in [-0.1, -0.05) is 76.1 Å². The van der Waals surface area contributed by atoms with Gasteiger partial charge in [-0.25, -0.2) is 0 Å². The van der Waals surface area contributed by atoms with Crippen molar-refractivity contribution < 1.29 is 14.3 Å². The summed E-state index contributed by atoms with van der Waals surface area (Å²) in [6, 6.07) is 28.3. The standard InChI is InChI=1S/C47H57N5O3/c1-4-5-28-52-46(53)42-16-14-15-41-44(26-25-43(45(41)42)47(52)54)51-31-29-50(30-32-51)27-12-10-8-6-7-9-11-13-33-55-40-23-19-37(20-24-40)38(35-48)34-36-17-21-39(22-18-36)49(2)3/h14-26,34H,4-13,27-33H2,1-3H3/b38-34+. The van der Waals surface area contributed by atoms with Gasteiger partial charge in [-0.15, -0.1) is 0 Å². The molecule has 0 aromatic heterocycles. The molecule has 0 saturated carbocycles. The van der Waals surface area contributed by atoms with E-state index in [2.05, 4.69) is 52.0 Å². The molecule has 4 aromatic rings. The van der Waals surface area contributed by atoms with E-state index >= 15 is 0 Å². The third-order valence-corrected chi connectivity index (χ3v) is 11.1. The number of hydrogen-bond donors (Lipinski definition) is 0. The van der Waals surface area contributed by atoms with Gasteiger partial charge in [0, 0.05) is 80.1 Å². The van der Waals surface area contributed by atoms with Crippen LogP contribution in [0.4, 0.5) is 11.4 Å². The van der Waals surface area contributed by atoms with E-state index in [-0.39, 0.29) is 11.8 Å². The maximum atomic E-state index is 13.3. The molecule has 288 valence electrons. The summed E-state index contributed by atoms with van der Waals surface area (Å²) < 4.78 is 5.99. The molecule has 55 heavy (non-hydrogen) atoms. The fourth-order valence-corrected chi connectivity index (χ4v) is 7.77. The van der Waals surface area contributed by atoms with Gasteiger partial charge in [0.1, 0.15) is 5.75 Å². The summed E-state index contributed by atoms with van der Waals surface area (Å²) in [4.78, 5) is 35.1. The molecule has 4 aromatic carbocycles. The molecular weight excluding hydrogens is 683 g/mol. The molecule has 2 heterocycles. The number of benzene rings is 4. The zero-order valence-corrected chi connectivity index (χ0v) is 33.1. The maximum absolute atomic E-state index is 13.3. The summed E-state index contributed by atoms with van der Waals surface area (Å²) in [7, 11) is 4.03. The van der Waals surface area contributed by atoms with Crippen molar-refractivity contribution >= 4 is 45.6 Å². The fourth-order valence-electron chi connectivity index (χ4n) is 7.77. The molecule has 0 spiro atoms. The summed E-state index contributed by atoms with van der Waals surface area (Å²) in [6.07, 6.45) is 13.5. The topological polar surface area (TPSA) is 80.1 Å². The van der Waals surface area contributed by atoms with Gasteiger partial charge in [-0.05, 0) is 97.6 Å². The van der Waals surface area contributed by atoms with Crippen LogP contribution in [0.3, 0.4) is 0 Å². The fraction of sp³-hybridized carbons (Fsp3) is 0.426. The van der Waals surface area contributed by atoms with Gasteiger partial charge in [-0.3, -0.25) is 19.4 Å². The Kier molecular flexibility index (Phi) is 14.0. The largest absolute Gasteiger partial charge is 0.494 e. The summed E-state index contributed by atoms with van der Waals surface area (Å²) in [5.41, 5.74) is 6.10. The minimum absolute atomic E-state index is 0.161. The Balaban J connectivity index is 0.830. The first-order chi connectivity index (χ1) is 26.9. The highest BCUT2D eigenvalue weighted by atomic mass is 16.5. The second kappa shape index (κ2) is 19.5. The molecule has 1 saturated heterocycles. The molecule has 0 N–H and O–H groups in total. The van der Waals surface area contributed by atoms with Gasteiger partial charge in [0.2, 0.25) is 0 Å². The molecule has 2 aliphatic heterocycles. The predicted molar refractivity (Wildman–Crippen MR) is 226 cm³/mol. The Bertz CT molecular complexity index is 1950. The lowest BCUT2D eigenvalue weighted by Gasteiger charge is -2.37. The van der Waals surface area contributed by atoms with Gasteiger partial charge < -0.3 is 14.5 Å². The number of allylic oxidation sites excluding steroid dienone is 1. The number of nitriles is 1. The molecule has 6 rings (SSSR count). The van der Waals surface area contributed by atoms with Gasteiger partial charge in [-0.2, -0.15) is 5.26 Å². The van der Waals surface area contributed by atoms with Crippen LogP contribution in [-0.2, 0) is 0 Å². The Labute approximate surface area is 328 Å². The molecule has 0 atom stereocenters. The van der Waals surface area contributed by atoms with Crippen molar-refractivity contribution in [2.75, 3.05) is 69.8 Å². The number of amides is 2. The number of imide groups is 1. The van der Waals surface area contributed by atoms with Crippen LogP contribution in [-0.4, -0.2) is 81.6 Å². The van der Waals surface area contributed by atoms with E-state index in [0.717, 1.165) is 91.0 Å². The number of anilines is 2. The van der Waals surface area contributed by atoms with Crippen molar-refractivity contribution in [2.45, 2.75) is 71.1 Å². The molecule has 0 aliphatic carbocycles. The highest BCUT2D eigenvalue weighted by Gasteiger charge is 2.33. The van der Waals surface area contributed by atoms with Crippen LogP contribution in [0.1, 0.15) is 103 Å². The molecule has 2 aliphatic rings. The second-order valence-electron chi connectivity index (χ2n) is 15.2. The lowest BCUT2D eigenvalue weighted by atomic mass is 9.92. The number of ether oxygens (including phenoxy) is 1. The van der Waals surface area contributed by atoms with Crippen LogP contribution < -0.4 is 14.5 Å². The lowest BCUT2D eigenvalue weighted by Crippen LogP contribution is -2.46. The van der Waals surface area contributed by atoms with Crippen molar-refractivity contribution in [2.24, 2.45) is 0 Å². The average molecular weight is 740 g/mol. The first kappa shape index (κ1) is 39.6. The monoisotopic (exact) mass is 739 g/mol. The van der Waals surface area contributed by atoms with E-state index in [4.69, 9.17) is 4.74 Å². The minimum atomic E-state index is -0.161. The first-order valence-corrected chi connectivity index (χ1v) is 20.4. The highest BCUT2D eigenvalue weighted by Crippen LogP contribution is 2.36. The van der Waals surface area contributed by atoms with E-state index in [1.807, 2.05) is 74.8 Å². The Morgan fingerprint density at radius 3 is 2.05 bits per heavy atom. The lowest BCUT2D eigenvalue weighted by molar-refractivity contribution is 0.0608. The summed E-state index contributed by atoms with van der Waals surface area (Å²) in [5, 5.41) is 11.6. The Hall–Kier alpha value is -5.13. The van der Waals surface area contributed by atoms with Crippen LogP contribution in [0.15, 0.2) is 78.9 Å². The maximum Gasteiger partial charge on any atom is 0.261 e. The molecule has 0 unspecified atom stereocenters. The van der Waals surface area contributed by atoms with Gasteiger partial charge in [0.05, 0.1) is 18.2 Å².